The van der Waals surface area contributed by atoms with Crippen LogP contribution in [0.5, 0.6) is 0 Å². The summed E-state index contributed by atoms with van der Waals surface area (Å²) in [4.78, 5) is 5.63. The number of allylic oxidation sites excluding steroid dienone is 1. The summed E-state index contributed by atoms with van der Waals surface area (Å²) >= 11 is 7.53. The molecule has 0 N–H and O–H groups in total. The van der Waals surface area contributed by atoms with Crippen molar-refractivity contribution in [3.8, 4) is 0 Å². The standard InChI is InChI=1S/C23H17ClF3NS/c1-16-5-11-21(12-6-16)29-14-13-22(28-20-4-2-3-19(24)15-20)17-7-9-18(10-8-17)23(25,26)27/h2-15H,1H3. The Labute approximate surface area is 176 Å². The summed E-state index contributed by atoms with van der Waals surface area (Å²) in [6.45, 7) is 2.02. The molecule has 0 aliphatic rings. The van der Waals surface area contributed by atoms with Crippen molar-refractivity contribution >= 4 is 34.8 Å². The molecule has 3 aromatic carbocycles. The first kappa shape index (κ1) is 21.2. The number of aryl methyl sites for hydroxylation is 1. The molecule has 0 amide bonds. The predicted octanol–water partition coefficient (Wildman–Crippen LogP) is 8.09. The third-order valence-electron chi connectivity index (χ3n) is 4.02. The van der Waals surface area contributed by atoms with Crippen LogP contribution in [0.2, 0.25) is 5.02 Å². The van der Waals surface area contributed by atoms with E-state index < -0.39 is 11.7 Å². The van der Waals surface area contributed by atoms with Crippen LogP contribution in [0.25, 0.3) is 0 Å². The van der Waals surface area contributed by atoms with Gasteiger partial charge in [-0.15, -0.1) is 0 Å². The lowest BCUT2D eigenvalue weighted by Crippen LogP contribution is -2.05. The van der Waals surface area contributed by atoms with Crippen LogP contribution in [-0.2, 0) is 6.18 Å². The molecule has 0 bridgehead atoms. The van der Waals surface area contributed by atoms with E-state index in [1.807, 2.05) is 36.6 Å². The quantitative estimate of drug-likeness (QED) is 0.293. The number of halogens is 4. The van der Waals surface area contributed by atoms with Gasteiger partial charge in [-0.05, 0) is 60.9 Å². The molecule has 1 nitrogen and oxygen atoms in total. The predicted molar refractivity (Wildman–Crippen MR) is 115 cm³/mol. The molecule has 0 saturated carbocycles. The summed E-state index contributed by atoms with van der Waals surface area (Å²) in [5, 5.41) is 2.40. The first-order valence-corrected chi connectivity index (χ1v) is 9.99. The van der Waals surface area contributed by atoms with E-state index in [-0.39, 0.29) is 0 Å². The number of nitrogens with zero attached hydrogens (tertiary/aromatic N) is 1. The molecule has 3 rings (SSSR count). The van der Waals surface area contributed by atoms with E-state index in [2.05, 4.69) is 4.99 Å². The van der Waals surface area contributed by atoms with Crippen LogP contribution in [0.1, 0.15) is 16.7 Å². The summed E-state index contributed by atoms with van der Waals surface area (Å²) in [7, 11) is 0. The Morgan fingerprint density at radius 2 is 1.66 bits per heavy atom. The van der Waals surface area contributed by atoms with Crippen molar-refractivity contribution in [1.82, 2.24) is 0 Å². The van der Waals surface area contributed by atoms with Gasteiger partial charge in [-0.2, -0.15) is 13.2 Å². The number of hydrogen-bond donors (Lipinski definition) is 0. The first-order chi connectivity index (χ1) is 13.8. The molecule has 148 valence electrons. The van der Waals surface area contributed by atoms with Gasteiger partial charge in [0.25, 0.3) is 0 Å². The third-order valence-corrected chi connectivity index (χ3v) is 5.07. The van der Waals surface area contributed by atoms with E-state index in [4.69, 9.17) is 11.6 Å². The smallest absolute Gasteiger partial charge is 0.248 e. The Hall–Kier alpha value is -2.50. The average molecular weight is 432 g/mol. The molecular formula is C23H17ClF3NS. The van der Waals surface area contributed by atoms with Gasteiger partial charge in [0, 0.05) is 15.5 Å². The maximum atomic E-state index is 12.9. The van der Waals surface area contributed by atoms with Gasteiger partial charge in [-0.3, -0.25) is 0 Å². The van der Waals surface area contributed by atoms with E-state index in [9.17, 15) is 13.2 Å². The highest BCUT2D eigenvalue weighted by Gasteiger charge is 2.30. The zero-order chi connectivity index (χ0) is 20.9. The van der Waals surface area contributed by atoms with Gasteiger partial charge >= 0.3 is 6.18 Å². The second-order valence-corrected chi connectivity index (χ2v) is 7.70. The molecule has 29 heavy (non-hydrogen) atoms. The largest absolute Gasteiger partial charge is 0.416 e. The van der Waals surface area contributed by atoms with E-state index in [0.717, 1.165) is 17.0 Å². The van der Waals surface area contributed by atoms with E-state index in [0.29, 0.717) is 22.0 Å². The van der Waals surface area contributed by atoms with Crippen LogP contribution in [0.3, 0.4) is 0 Å². The van der Waals surface area contributed by atoms with Crippen molar-refractivity contribution in [3.05, 3.63) is 106 Å². The van der Waals surface area contributed by atoms with E-state index in [1.54, 1.807) is 30.3 Å². The van der Waals surface area contributed by atoms with Gasteiger partial charge < -0.3 is 0 Å². The zero-order valence-corrected chi connectivity index (χ0v) is 17.0. The van der Waals surface area contributed by atoms with Crippen LogP contribution in [0.4, 0.5) is 18.9 Å². The topological polar surface area (TPSA) is 12.4 Å². The minimum Gasteiger partial charge on any atom is -0.248 e. The Bertz CT molecular complexity index is 1020. The lowest BCUT2D eigenvalue weighted by molar-refractivity contribution is -0.137. The highest BCUT2D eigenvalue weighted by atomic mass is 35.5. The lowest BCUT2D eigenvalue weighted by Gasteiger charge is -2.08. The number of aliphatic imine (C=N–C) groups is 1. The highest BCUT2D eigenvalue weighted by molar-refractivity contribution is 8.02. The molecule has 0 spiro atoms. The summed E-state index contributed by atoms with van der Waals surface area (Å²) < 4.78 is 38.6. The Morgan fingerprint density at radius 1 is 0.966 bits per heavy atom. The number of hydrogen-bond acceptors (Lipinski definition) is 2. The second-order valence-electron chi connectivity index (χ2n) is 6.29. The molecule has 0 saturated heterocycles. The zero-order valence-electron chi connectivity index (χ0n) is 15.5. The van der Waals surface area contributed by atoms with Gasteiger partial charge in [-0.25, -0.2) is 4.99 Å². The molecule has 0 unspecified atom stereocenters. The SMILES string of the molecule is Cc1ccc(SC=CC(=Nc2cccc(Cl)c2)c2ccc(C(F)(F)F)cc2)cc1. The Balaban J connectivity index is 1.91. The minimum atomic E-state index is -4.38. The lowest BCUT2D eigenvalue weighted by atomic mass is 10.1. The van der Waals surface area contributed by atoms with Gasteiger partial charge in [0.1, 0.15) is 0 Å². The van der Waals surface area contributed by atoms with Gasteiger partial charge in [0.15, 0.2) is 0 Å². The monoisotopic (exact) mass is 431 g/mol. The van der Waals surface area contributed by atoms with Crippen molar-refractivity contribution in [2.24, 2.45) is 4.99 Å². The molecule has 0 heterocycles. The summed E-state index contributed by atoms with van der Waals surface area (Å²) in [6, 6.07) is 20.0. The highest BCUT2D eigenvalue weighted by Crippen LogP contribution is 2.30. The van der Waals surface area contributed by atoms with Gasteiger partial charge in [0.2, 0.25) is 0 Å². The molecule has 3 aromatic rings. The van der Waals surface area contributed by atoms with Crippen molar-refractivity contribution in [2.45, 2.75) is 18.0 Å². The van der Waals surface area contributed by atoms with Crippen LogP contribution >= 0.6 is 23.4 Å². The van der Waals surface area contributed by atoms with Crippen LogP contribution in [0, 0.1) is 6.92 Å². The van der Waals surface area contributed by atoms with Gasteiger partial charge in [0.05, 0.1) is 17.0 Å². The summed E-state index contributed by atoms with van der Waals surface area (Å²) in [5.41, 5.74) is 2.23. The fourth-order valence-corrected chi connectivity index (χ4v) is 3.34. The van der Waals surface area contributed by atoms with Crippen molar-refractivity contribution in [1.29, 1.82) is 0 Å². The van der Waals surface area contributed by atoms with Crippen molar-refractivity contribution in [3.63, 3.8) is 0 Å². The molecule has 0 fully saturated rings. The molecule has 6 heteroatoms. The van der Waals surface area contributed by atoms with E-state index in [1.165, 1.54) is 29.5 Å². The normalized spacial score (nSPS) is 12.5. The Morgan fingerprint density at radius 3 is 2.28 bits per heavy atom. The molecule has 0 aliphatic heterocycles. The number of alkyl halides is 3. The fourth-order valence-electron chi connectivity index (χ4n) is 2.51. The van der Waals surface area contributed by atoms with Crippen LogP contribution < -0.4 is 0 Å². The number of rotatable bonds is 5. The average Bonchev–Trinajstić information content (AvgIpc) is 2.68. The number of benzene rings is 3. The van der Waals surface area contributed by atoms with Crippen LogP contribution in [0.15, 0.2) is 94.2 Å². The molecule has 0 aromatic heterocycles. The van der Waals surface area contributed by atoms with Crippen molar-refractivity contribution in [2.75, 3.05) is 0 Å². The molecular weight excluding hydrogens is 415 g/mol. The fraction of sp³-hybridized carbons (Fsp3) is 0.0870. The van der Waals surface area contributed by atoms with E-state index >= 15 is 0 Å². The first-order valence-electron chi connectivity index (χ1n) is 8.73. The van der Waals surface area contributed by atoms with Crippen molar-refractivity contribution < 1.29 is 13.2 Å². The third kappa shape index (κ3) is 6.24. The summed E-state index contributed by atoms with van der Waals surface area (Å²) in [5.74, 6) is 0. The Kier molecular flexibility index (Phi) is 6.83. The number of thioether (sulfide) groups is 1. The second kappa shape index (κ2) is 9.33. The minimum absolute atomic E-state index is 0.538. The molecule has 0 radical (unpaired) electrons. The molecule has 0 aliphatic carbocycles. The maximum Gasteiger partial charge on any atom is 0.416 e. The molecule has 0 atom stereocenters. The maximum absolute atomic E-state index is 12.9. The van der Waals surface area contributed by atoms with Crippen LogP contribution in [-0.4, -0.2) is 5.71 Å². The van der Waals surface area contributed by atoms with Gasteiger partial charge in [-0.1, -0.05) is 59.3 Å². The summed E-state index contributed by atoms with van der Waals surface area (Å²) in [6.07, 6.45) is -2.59.